The first-order chi connectivity index (χ1) is 12.1. The number of furan rings is 1. The van der Waals surface area contributed by atoms with Crippen LogP contribution in [0.1, 0.15) is 16.2 Å². The van der Waals surface area contributed by atoms with E-state index in [9.17, 15) is 14.7 Å². The van der Waals surface area contributed by atoms with Crippen molar-refractivity contribution in [2.75, 3.05) is 6.54 Å². The highest BCUT2D eigenvalue weighted by Gasteiger charge is 2.36. The number of aliphatic hydroxyl groups is 1. The summed E-state index contributed by atoms with van der Waals surface area (Å²) in [5.74, 6) is -1.26. The van der Waals surface area contributed by atoms with E-state index in [0.29, 0.717) is 11.3 Å². The molecular weight excluding hydrogens is 360 g/mol. The largest absolute Gasteiger partial charge is 0.466 e. The van der Waals surface area contributed by atoms with E-state index in [1.165, 1.54) is 28.9 Å². The Balaban J connectivity index is 1.63. The smallest absolute Gasteiger partial charge is 0.309 e. The van der Waals surface area contributed by atoms with Crippen LogP contribution in [0.5, 0.6) is 0 Å². The molecule has 3 aromatic heterocycles. The average Bonchev–Trinajstić information content (AvgIpc) is 3.38. The Bertz CT molecular complexity index is 777. The van der Waals surface area contributed by atoms with Gasteiger partial charge in [0.05, 0.1) is 19.4 Å². The molecule has 0 aliphatic rings. The third-order valence-corrected chi connectivity index (χ3v) is 5.20. The van der Waals surface area contributed by atoms with Crippen LogP contribution >= 0.6 is 22.7 Å². The third kappa shape index (κ3) is 3.98. The van der Waals surface area contributed by atoms with Gasteiger partial charge in [-0.15, -0.1) is 11.3 Å². The molecule has 0 aromatic carbocycles. The zero-order chi connectivity index (χ0) is 17.7. The molecule has 25 heavy (non-hydrogen) atoms. The van der Waals surface area contributed by atoms with E-state index in [2.05, 4.69) is 10.6 Å². The molecule has 6 nitrogen and oxygen atoms in total. The lowest BCUT2D eigenvalue weighted by molar-refractivity contribution is -0.139. The molecule has 2 amide bonds. The van der Waals surface area contributed by atoms with Gasteiger partial charge in [-0.25, -0.2) is 0 Å². The van der Waals surface area contributed by atoms with Crippen molar-refractivity contribution < 1.29 is 19.1 Å². The first kappa shape index (κ1) is 17.4. The lowest BCUT2D eigenvalue weighted by Gasteiger charge is -2.25. The predicted molar refractivity (Wildman–Crippen MR) is 95.2 cm³/mol. The number of hydrogen-bond acceptors (Lipinski definition) is 6. The molecule has 0 spiro atoms. The lowest BCUT2D eigenvalue weighted by Crippen LogP contribution is -2.46. The number of thiophene rings is 2. The maximum Gasteiger partial charge on any atom is 0.309 e. The van der Waals surface area contributed by atoms with Gasteiger partial charge in [-0.1, -0.05) is 6.07 Å². The van der Waals surface area contributed by atoms with Crippen molar-refractivity contribution in [3.8, 4) is 0 Å². The van der Waals surface area contributed by atoms with Crippen molar-refractivity contribution in [1.82, 2.24) is 10.6 Å². The van der Waals surface area contributed by atoms with Crippen molar-refractivity contribution in [2.24, 2.45) is 0 Å². The van der Waals surface area contributed by atoms with Gasteiger partial charge in [-0.2, -0.15) is 11.3 Å². The van der Waals surface area contributed by atoms with E-state index in [-0.39, 0.29) is 13.1 Å². The summed E-state index contributed by atoms with van der Waals surface area (Å²) in [4.78, 5) is 24.9. The average molecular weight is 376 g/mol. The molecular formula is C17H16N2O4S2. The van der Waals surface area contributed by atoms with Gasteiger partial charge in [-0.3, -0.25) is 9.59 Å². The van der Waals surface area contributed by atoms with Gasteiger partial charge in [0.15, 0.2) is 5.60 Å². The molecule has 3 N–H and O–H groups in total. The van der Waals surface area contributed by atoms with E-state index in [1.54, 1.807) is 23.6 Å². The second-order valence-electron chi connectivity index (χ2n) is 5.29. The van der Waals surface area contributed by atoms with Crippen LogP contribution in [0.2, 0.25) is 0 Å². The Morgan fingerprint density at radius 2 is 1.96 bits per heavy atom. The Labute approximate surface area is 152 Å². The van der Waals surface area contributed by atoms with Crippen LogP contribution in [0.15, 0.2) is 57.2 Å². The number of carbonyl (C=O) groups is 2. The topological polar surface area (TPSA) is 91.6 Å². The molecule has 0 aliphatic carbocycles. The second-order valence-corrected chi connectivity index (χ2v) is 7.11. The van der Waals surface area contributed by atoms with E-state index < -0.39 is 17.4 Å². The van der Waals surface area contributed by atoms with Crippen molar-refractivity contribution in [2.45, 2.75) is 12.1 Å². The Morgan fingerprint density at radius 1 is 1.12 bits per heavy atom. The predicted octanol–water partition coefficient (Wildman–Crippen LogP) is 2.07. The standard InChI is InChI=1S/C17H16N2O4S2/c20-15(18-9-13-3-2-7-25-13)16(21)19-11-17(22,12-5-8-24-10-12)14-4-1-6-23-14/h1-8,10,22H,9,11H2,(H,18,20)(H,19,21). The van der Waals surface area contributed by atoms with Crippen LogP contribution in [-0.4, -0.2) is 23.5 Å². The maximum absolute atomic E-state index is 12.0. The number of rotatable bonds is 6. The van der Waals surface area contributed by atoms with Crippen molar-refractivity contribution in [3.63, 3.8) is 0 Å². The van der Waals surface area contributed by atoms with E-state index in [1.807, 2.05) is 22.9 Å². The fourth-order valence-electron chi connectivity index (χ4n) is 2.29. The zero-order valence-electron chi connectivity index (χ0n) is 13.1. The SMILES string of the molecule is O=C(NCc1cccs1)C(=O)NCC(O)(c1ccsc1)c1ccco1. The minimum Gasteiger partial charge on any atom is -0.466 e. The minimum absolute atomic E-state index is 0.178. The molecule has 3 rings (SSSR count). The molecule has 3 aromatic rings. The summed E-state index contributed by atoms with van der Waals surface area (Å²) in [5.41, 5.74) is -0.945. The Morgan fingerprint density at radius 3 is 2.60 bits per heavy atom. The zero-order valence-corrected chi connectivity index (χ0v) is 14.7. The Hall–Kier alpha value is -2.42. The van der Waals surface area contributed by atoms with Gasteiger partial charge in [0.1, 0.15) is 5.76 Å². The number of amides is 2. The first-order valence-corrected chi connectivity index (χ1v) is 9.29. The van der Waals surface area contributed by atoms with E-state index >= 15 is 0 Å². The molecule has 0 saturated carbocycles. The van der Waals surface area contributed by atoms with Gasteiger partial charge >= 0.3 is 11.8 Å². The molecule has 130 valence electrons. The molecule has 0 aliphatic heterocycles. The number of nitrogens with one attached hydrogen (secondary N) is 2. The molecule has 3 heterocycles. The van der Waals surface area contributed by atoms with Crippen LogP contribution in [0, 0.1) is 0 Å². The van der Waals surface area contributed by atoms with Gasteiger partial charge in [0.2, 0.25) is 0 Å². The number of hydrogen-bond donors (Lipinski definition) is 3. The number of carbonyl (C=O) groups excluding carboxylic acids is 2. The summed E-state index contributed by atoms with van der Waals surface area (Å²) < 4.78 is 5.32. The molecule has 1 atom stereocenters. The first-order valence-electron chi connectivity index (χ1n) is 7.47. The third-order valence-electron chi connectivity index (χ3n) is 3.64. The normalized spacial score (nSPS) is 13.2. The summed E-state index contributed by atoms with van der Waals surface area (Å²) in [6.07, 6.45) is 1.45. The fraction of sp³-hybridized carbons (Fsp3) is 0.176. The molecule has 0 radical (unpaired) electrons. The van der Waals surface area contributed by atoms with E-state index in [0.717, 1.165) is 4.88 Å². The van der Waals surface area contributed by atoms with Crippen LogP contribution in [0.3, 0.4) is 0 Å². The summed E-state index contributed by atoms with van der Waals surface area (Å²) >= 11 is 2.91. The van der Waals surface area contributed by atoms with Gasteiger partial charge in [-0.05, 0) is 40.4 Å². The second kappa shape index (κ2) is 7.64. The van der Waals surface area contributed by atoms with Crippen molar-refractivity contribution >= 4 is 34.5 Å². The lowest BCUT2D eigenvalue weighted by atomic mass is 9.93. The summed E-state index contributed by atoms with van der Waals surface area (Å²) in [6, 6.07) is 8.77. The highest BCUT2D eigenvalue weighted by atomic mass is 32.1. The highest BCUT2D eigenvalue weighted by Crippen LogP contribution is 2.30. The molecule has 8 heteroatoms. The van der Waals surface area contributed by atoms with Gasteiger partial charge < -0.3 is 20.2 Å². The van der Waals surface area contributed by atoms with Crippen molar-refractivity contribution in [3.05, 3.63) is 68.9 Å². The summed E-state index contributed by atoms with van der Waals surface area (Å²) in [7, 11) is 0. The summed E-state index contributed by atoms with van der Waals surface area (Å²) in [6.45, 7) is 0.111. The minimum atomic E-state index is -1.53. The van der Waals surface area contributed by atoms with Crippen LogP contribution in [-0.2, 0) is 21.7 Å². The Kier molecular flexibility index (Phi) is 5.32. The summed E-state index contributed by atoms with van der Waals surface area (Å²) in [5, 5.41) is 21.5. The quantitative estimate of drug-likeness (QED) is 0.575. The van der Waals surface area contributed by atoms with Crippen LogP contribution < -0.4 is 10.6 Å². The maximum atomic E-state index is 12.0. The molecule has 1 unspecified atom stereocenters. The van der Waals surface area contributed by atoms with Crippen LogP contribution in [0.25, 0.3) is 0 Å². The van der Waals surface area contributed by atoms with Crippen molar-refractivity contribution in [1.29, 1.82) is 0 Å². The monoisotopic (exact) mass is 376 g/mol. The molecule has 0 fully saturated rings. The fourth-order valence-corrected chi connectivity index (χ4v) is 3.66. The van der Waals surface area contributed by atoms with E-state index in [4.69, 9.17) is 4.42 Å². The van der Waals surface area contributed by atoms with Gasteiger partial charge in [0.25, 0.3) is 0 Å². The molecule has 0 saturated heterocycles. The highest BCUT2D eigenvalue weighted by molar-refractivity contribution is 7.09. The molecule has 0 bridgehead atoms. The van der Waals surface area contributed by atoms with Crippen LogP contribution in [0.4, 0.5) is 0 Å². The van der Waals surface area contributed by atoms with Gasteiger partial charge in [0, 0.05) is 10.4 Å².